The molecule has 5 nitrogen and oxygen atoms in total. The molecule has 3 rings (SSSR count). The maximum absolute atomic E-state index is 11.9. The second-order valence-corrected chi connectivity index (χ2v) is 6.12. The highest BCUT2D eigenvalue weighted by atomic mass is 16.5. The van der Waals surface area contributed by atoms with Crippen molar-refractivity contribution >= 4 is 11.6 Å². The number of methoxy groups -OCH3 is 1. The summed E-state index contributed by atoms with van der Waals surface area (Å²) >= 11 is 0. The lowest BCUT2D eigenvalue weighted by Gasteiger charge is -2.11. The van der Waals surface area contributed by atoms with E-state index in [4.69, 9.17) is 9.47 Å². The van der Waals surface area contributed by atoms with Crippen LogP contribution in [0.25, 0.3) is 0 Å². The average molecular weight is 340 g/mol. The van der Waals surface area contributed by atoms with Gasteiger partial charge in [0.2, 0.25) is 5.91 Å². The molecule has 1 amide bonds. The third-order valence-corrected chi connectivity index (χ3v) is 4.30. The molecule has 0 radical (unpaired) electrons. The molecule has 0 spiro atoms. The van der Waals surface area contributed by atoms with Crippen molar-refractivity contribution in [2.24, 2.45) is 0 Å². The number of rotatable bonds is 7. The zero-order valence-electron chi connectivity index (χ0n) is 14.5. The van der Waals surface area contributed by atoms with E-state index in [9.17, 15) is 4.79 Å². The Bertz CT molecular complexity index is 677. The first-order valence-corrected chi connectivity index (χ1v) is 8.59. The van der Waals surface area contributed by atoms with E-state index in [1.54, 1.807) is 7.11 Å². The molecule has 1 aliphatic heterocycles. The van der Waals surface area contributed by atoms with Gasteiger partial charge in [-0.1, -0.05) is 24.3 Å². The Labute approximate surface area is 148 Å². The first-order valence-electron chi connectivity index (χ1n) is 8.59. The molecule has 2 aromatic carbocycles. The summed E-state index contributed by atoms with van der Waals surface area (Å²) in [6.45, 7) is 1.96. The van der Waals surface area contributed by atoms with Crippen LogP contribution < -0.4 is 15.4 Å². The summed E-state index contributed by atoms with van der Waals surface area (Å²) in [6, 6.07) is 16.1. The first-order chi connectivity index (χ1) is 12.2. The molecule has 1 saturated heterocycles. The van der Waals surface area contributed by atoms with Crippen molar-refractivity contribution in [1.29, 1.82) is 0 Å². The van der Waals surface area contributed by atoms with Crippen molar-refractivity contribution in [3.8, 4) is 5.75 Å². The maximum Gasteiger partial charge on any atom is 0.249 e. The molecule has 1 fully saturated rings. The van der Waals surface area contributed by atoms with Crippen LogP contribution in [0.15, 0.2) is 48.5 Å². The number of ether oxygens (including phenoxy) is 2. The number of hydrogen-bond donors (Lipinski definition) is 2. The fourth-order valence-corrected chi connectivity index (χ4v) is 2.78. The van der Waals surface area contributed by atoms with Crippen molar-refractivity contribution < 1.29 is 14.3 Å². The van der Waals surface area contributed by atoms with E-state index in [-0.39, 0.29) is 12.0 Å². The SMILES string of the molecule is COc1ccc(CNc2ccc(CNC(=O)[C@@H]3CCCO3)cc2)cc1. The van der Waals surface area contributed by atoms with Crippen molar-refractivity contribution in [3.05, 3.63) is 59.7 Å². The van der Waals surface area contributed by atoms with E-state index < -0.39 is 0 Å². The van der Waals surface area contributed by atoms with E-state index in [0.717, 1.165) is 36.4 Å². The quantitative estimate of drug-likeness (QED) is 0.813. The lowest BCUT2D eigenvalue weighted by molar-refractivity contribution is -0.130. The van der Waals surface area contributed by atoms with Crippen LogP contribution in [0, 0.1) is 0 Å². The number of nitrogens with one attached hydrogen (secondary N) is 2. The Kier molecular flexibility index (Phi) is 5.90. The summed E-state index contributed by atoms with van der Waals surface area (Å²) < 4.78 is 10.5. The summed E-state index contributed by atoms with van der Waals surface area (Å²) in [4.78, 5) is 11.9. The molecule has 1 atom stereocenters. The lowest BCUT2D eigenvalue weighted by Crippen LogP contribution is -2.33. The van der Waals surface area contributed by atoms with E-state index >= 15 is 0 Å². The van der Waals surface area contributed by atoms with Gasteiger partial charge in [-0.15, -0.1) is 0 Å². The van der Waals surface area contributed by atoms with Gasteiger partial charge in [-0.05, 0) is 48.2 Å². The Hall–Kier alpha value is -2.53. The van der Waals surface area contributed by atoms with Gasteiger partial charge in [0, 0.05) is 25.4 Å². The minimum atomic E-state index is -0.273. The molecule has 0 unspecified atom stereocenters. The number of carbonyl (C=O) groups is 1. The van der Waals surface area contributed by atoms with Crippen LogP contribution in [0.2, 0.25) is 0 Å². The number of anilines is 1. The Morgan fingerprint density at radius 2 is 1.76 bits per heavy atom. The largest absolute Gasteiger partial charge is 0.497 e. The highest BCUT2D eigenvalue weighted by Crippen LogP contribution is 2.15. The highest BCUT2D eigenvalue weighted by molar-refractivity contribution is 5.80. The molecule has 2 aromatic rings. The van der Waals surface area contributed by atoms with Crippen molar-refractivity contribution in [2.45, 2.75) is 32.0 Å². The number of carbonyl (C=O) groups excluding carboxylic acids is 1. The van der Waals surface area contributed by atoms with Crippen molar-refractivity contribution in [3.63, 3.8) is 0 Å². The van der Waals surface area contributed by atoms with Crippen molar-refractivity contribution in [2.75, 3.05) is 19.0 Å². The van der Waals surface area contributed by atoms with E-state index in [1.165, 1.54) is 5.56 Å². The lowest BCUT2D eigenvalue weighted by atomic mass is 10.1. The third-order valence-electron chi connectivity index (χ3n) is 4.30. The normalized spacial score (nSPS) is 16.4. The number of amides is 1. The minimum Gasteiger partial charge on any atom is -0.497 e. The maximum atomic E-state index is 11.9. The molecular weight excluding hydrogens is 316 g/mol. The van der Waals surface area contributed by atoms with Gasteiger partial charge in [0.25, 0.3) is 0 Å². The fraction of sp³-hybridized carbons (Fsp3) is 0.350. The molecule has 1 heterocycles. The molecule has 25 heavy (non-hydrogen) atoms. The Morgan fingerprint density at radius 3 is 2.40 bits per heavy atom. The van der Waals surface area contributed by atoms with E-state index in [2.05, 4.69) is 10.6 Å². The average Bonchev–Trinajstić information content (AvgIpc) is 3.20. The zero-order chi connectivity index (χ0) is 17.5. The summed E-state index contributed by atoms with van der Waals surface area (Å²) in [5.74, 6) is 0.845. The molecule has 0 aliphatic carbocycles. The van der Waals surface area contributed by atoms with E-state index in [0.29, 0.717) is 13.2 Å². The standard InChI is InChI=1S/C20H24N2O3/c1-24-18-10-6-16(7-11-18)13-21-17-8-4-15(5-9-17)14-22-20(23)19-3-2-12-25-19/h4-11,19,21H,2-3,12-14H2,1H3,(H,22,23)/t19-/m0/s1. The van der Waals surface area contributed by atoms with Crippen LogP contribution in [0.3, 0.4) is 0 Å². The number of hydrogen-bond acceptors (Lipinski definition) is 4. The molecule has 0 saturated carbocycles. The van der Waals surface area contributed by atoms with Gasteiger partial charge in [0.15, 0.2) is 0 Å². The van der Waals surface area contributed by atoms with Crippen LogP contribution in [0.1, 0.15) is 24.0 Å². The minimum absolute atomic E-state index is 0.0146. The van der Waals surface area contributed by atoms with Crippen LogP contribution in [0.5, 0.6) is 5.75 Å². The predicted molar refractivity (Wildman–Crippen MR) is 97.6 cm³/mol. The van der Waals surface area contributed by atoms with Crippen LogP contribution in [-0.4, -0.2) is 25.7 Å². The fourth-order valence-electron chi connectivity index (χ4n) is 2.78. The van der Waals surface area contributed by atoms with Gasteiger partial charge in [-0.25, -0.2) is 0 Å². The smallest absolute Gasteiger partial charge is 0.249 e. The summed E-state index contributed by atoms with van der Waals surface area (Å²) in [5.41, 5.74) is 3.31. The van der Waals surface area contributed by atoms with Crippen LogP contribution >= 0.6 is 0 Å². The van der Waals surface area contributed by atoms with Crippen LogP contribution in [0.4, 0.5) is 5.69 Å². The molecule has 1 aliphatic rings. The van der Waals surface area contributed by atoms with Gasteiger partial charge >= 0.3 is 0 Å². The molecule has 0 aromatic heterocycles. The number of benzene rings is 2. The van der Waals surface area contributed by atoms with Gasteiger partial charge in [0.05, 0.1) is 7.11 Å². The van der Waals surface area contributed by atoms with Crippen molar-refractivity contribution in [1.82, 2.24) is 5.32 Å². The summed E-state index contributed by atoms with van der Waals surface area (Å²) in [5, 5.41) is 6.32. The van der Waals surface area contributed by atoms with Crippen LogP contribution in [-0.2, 0) is 22.6 Å². The molecule has 2 N–H and O–H groups in total. The molecule has 5 heteroatoms. The summed E-state index contributed by atoms with van der Waals surface area (Å²) in [7, 11) is 1.66. The van der Waals surface area contributed by atoms with E-state index in [1.807, 2.05) is 48.5 Å². The van der Waals surface area contributed by atoms with Gasteiger partial charge in [-0.2, -0.15) is 0 Å². The predicted octanol–water partition coefficient (Wildman–Crippen LogP) is 3.10. The third kappa shape index (κ3) is 4.97. The second-order valence-electron chi connectivity index (χ2n) is 6.12. The molecular formula is C20H24N2O3. The molecule has 132 valence electrons. The highest BCUT2D eigenvalue weighted by Gasteiger charge is 2.22. The second kappa shape index (κ2) is 8.53. The summed E-state index contributed by atoms with van der Waals surface area (Å²) in [6.07, 6.45) is 1.51. The Balaban J connectivity index is 1.45. The first kappa shape index (κ1) is 17.3. The monoisotopic (exact) mass is 340 g/mol. The topological polar surface area (TPSA) is 59.6 Å². The van der Waals surface area contributed by atoms with Gasteiger partial charge in [-0.3, -0.25) is 4.79 Å². The molecule has 0 bridgehead atoms. The Morgan fingerprint density at radius 1 is 1.08 bits per heavy atom. The van der Waals surface area contributed by atoms with Gasteiger partial charge < -0.3 is 20.1 Å². The van der Waals surface area contributed by atoms with Gasteiger partial charge in [0.1, 0.15) is 11.9 Å². The zero-order valence-corrected chi connectivity index (χ0v) is 14.5.